The van der Waals surface area contributed by atoms with Crippen LogP contribution in [0.3, 0.4) is 0 Å². The Morgan fingerprint density at radius 3 is 3.08 bits per heavy atom. The molecule has 3 unspecified atom stereocenters. The summed E-state index contributed by atoms with van der Waals surface area (Å²) >= 11 is 0. The average molecular weight is 169 g/mol. The summed E-state index contributed by atoms with van der Waals surface area (Å²) in [4.78, 5) is 0. The normalized spacial score (nSPS) is 42.7. The third-order valence-electron chi connectivity index (χ3n) is 3.01. The lowest BCUT2D eigenvalue weighted by molar-refractivity contribution is -0.0844. The maximum absolute atomic E-state index is 13.5. The molecular formula is C10H16FN. The van der Waals surface area contributed by atoms with Crippen molar-refractivity contribution in [1.29, 1.82) is 0 Å². The summed E-state index contributed by atoms with van der Waals surface area (Å²) < 4.78 is 13.5. The second kappa shape index (κ2) is 3.17. The van der Waals surface area contributed by atoms with Gasteiger partial charge in [0.2, 0.25) is 0 Å². The minimum Gasteiger partial charge on any atom is -0.136 e. The first kappa shape index (κ1) is 8.24. The molecule has 0 aliphatic carbocycles. The summed E-state index contributed by atoms with van der Waals surface area (Å²) in [6.45, 7) is 2.23. The summed E-state index contributed by atoms with van der Waals surface area (Å²) in [5.74, 6) is 0.690. The van der Waals surface area contributed by atoms with Crippen LogP contribution < -0.4 is 0 Å². The number of nitrogens with zero attached hydrogens (tertiary/aromatic N) is 1. The Labute approximate surface area is 73.2 Å². The number of hydrogen-bond donors (Lipinski definition) is 0. The minimum atomic E-state index is 0.0706. The Kier molecular flexibility index (Phi) is 2.18. The van der Waals surface area contributed by atoms with E-state index in [0.29, 0.717) is 5.92 Å². The highest BCUT2D eigenvalue weighted by Gasteiger charge is 2.33. The van der Waals surface area contributed by atoms with E-state index in [9.17, 15) is 4.48 Å². The van der Waals surface area contributed by atoms with Crippen LogP contribution in [-0.4, -0.2) is 17.2 Å². The first-order valence-electron chi connectivity index (χ1n) is 4.88. The van der Waals surface area contributed by atoms with E-state index >= 15 is 0 Å². The molecule has 0 spiro atoms. The van der Waals surface area contributed by atoms with Gasteiger partial charge in [-0.05, 0) is 31.6 Å². The molecule has 2 heterocycles. The Bertz CT molecular complexity index is 190. The van der Waals surface area contributed by atoms with E-state index in [0.717, 1.165) is 30.8 Å². The molecule has 1 fully saturated rings. The van der Waals surface area contributed by atoms with E-state index in [1.54, 1.807) is 0 Å². The van der Waals surface area contributed by atoms with Crippen molar-refractivity contribution in [2.75, 3.05) is 0 Å². The Morgan fingerprint density at radius 2 is 2.25 bits per heavy atom. The van der Waals surface area contributed by atoms with Crippen molar-refractivity contribution in [3.8, 4) is 0 Å². The number of rotatable bonds is 0. The highest BCUT2D eigenvalue weighted by atomic mass is 19.2. The molecule has 0 aromatic carbocycles. The van der Waals surface area contributed by atoms with Crippen LogP contribution in [-0.2, 0) is 0 Å². The van der Waals surface area contributed by atoms with E-state index in [1.165, 1.54) is 0 Å². The third kappa shape index (κ3) is 1.40. The number of allylic oxidation sites excluding steroid dienone is 1. The van der Waals surface area contributed by atoms with E-state index in [4.69, 9.17) is 0 Å². The molecule has 2 bridgehead atoms. The predicted octanol–water partition coefficient (Wildman–Crippen LogP) is 2.69. The predicted molar refractivity (Wildman–Crippen MR) is 47.3 cm³/mol. The van der Waals surface area contributed by atoms with Crippen molar-refractivity contribution in [1.82, 2.24) is 5.12 Å². The van der Waals surface area contributed by atoms with Gasteiger partial charge >= 0.3 is 0 Å². The van der Waals surface area contributed by atoms with E-state index in [-0.39, 0.29) is 12.1 Å². The van der Waals surface area contributed by atoms with Gasteiger partial charge in [-0.3, -0.25) is 0 Å². The fraction of sp³-hybridized carbons (Fsp3) is 0.800. The Morgan fingerprint density at radius 1 is 1.42 bits per heavy atom. The largest absolute Gasteiger partial charge is 0.136 e. The van der Waals surface area contributed by atoms with Crippen LogP contribution >= 0.6 is 0 Å². The molecule has 2 heteroatoms. The van der Waals surface area contributed by atoms with Gasteiger partial charge in [-0.15, -0.1) is 9.60 Å². The summed E-state index contributed by atoms with van der Waals surface area (Å²) in [7, 11) is 0. The zero-order valence-corrected chi connectivity index (χ0v) is 7.54. The molecule has 2 aliphatic heterocycles. The van der Waals surface area contributed by atoms with Crippen molar-refractivity contribution < 1.29 is 4.48 Å². The van der Waals surface area contributed by atoms with Gasteiger partial charge in [0.25, 0.3) is 0 Å². The van der Waals surface area contributed by atoms with Gasteiger partial charge in [0.15, 0.2) is 0 Å². The van der Waals surface area contributed by atoms with Gasteiger partial charge in [0.05, 0.1) is 6.04 Å². The summed E-state index contributed by atoms with van der Waals surface area (Å²) in [6, 6.07) is 0.259. The molecule has 2 rings (SSSR count). The summed E-state index contributed by atoms with van der Waals surface area (Å²) in [6.07, 6.45) is 8.24. The van der Waals surface area contributed by atoms with Crippen LogP contribution in [0.15, 0.2) is 12.2 Å². The molecule has 0 aromatic rings. The monoisotopic (exact) mass is 169 g/mol. The number of fused-ring (bicyclic) bond motifs is 2. The third-order valence-corrected chi connectivity index (χ3v) is 3.01. The standard InChI is InChI=1S/C10H16FN/c1-8-6-9-4-2-3-5-10(7-8)12(9)11/h2,4,8-10H,3,5-7H2,1H3. The van der Waals surface area contributed by atoms with Crippen molar-refractivity contribution in [2.24, 2.45) is 5.92 Å². The minimum absolute atomic E-state index is 0.0706. The van der Waals surface area contributed by atoms with E-state index < -0.39 is 0 Å². The molecule has 3 atom stereocenters. The van der Waals surface area contributed by atoms with Crippen LogP contribution in [0.1, 0.15) is 32.6 Å². The molecule has 1 saturated heterocycles. The van der Waals surface area contributed by atoms with Gasteiger partial charge in [-0.1, -0.05) is 19.1 Å². The van der Waals surface area contributed by atoms with Gasteiger partial charge < -0.3 is 0 Å². The van der Waals surface area contributed by atoms with Gasteiger partial charge in [-0.2, -0.15) is 0 Å². The Hall–Kier alpha value is -0.370. The summed E-state index contributed by atoms with van der Waals surface area (Å²) in [5, 5.41) is 1.07. The van der Waals surface area contributed by atoms with Crippen LogP contribution in [0.2, 0.25) is 0 Å². The molecule has 12 heavy (non-hydrogen) atoms. The lowest BCUT2D eigenvalue weighted by atomic mass is 9.89. The fourth-order valence-corrected chi connectivity index (χ4v) is 2.39. The molecular weight excluding hydrogens is 153 g/mol. The lowest BCUT2D eigenvalue weighted by Crippen LogP contribution is -2.41. The van der Waals surface area contributed by atoms with Crippen molar-refractivity contribution in [3.05, 3.63) is 12.2 Å². The van der Waals surface area contributed by atoms with Crippen LogP contribution in [0, 0.1) is 5.92 Å². The first-order valence-corrected chi connectivity index (χ1v) is 4.88. The SMILES string of the molecule is CC1CC2C=CCCC(C1)N2F. The highest BCUT2D eigenvalue weighted by molar-refractivity contribution is 5.01. The van der Waals surface area contributed by atoms with Crippen molar-refractivity contribution >= 4 is 0 Å². The molecule has 2 aliphatic rings. The first-order chi connectivity index (χ1) is 5.77. The maximum Gasteiger partial charge on any atom is 0.0588 e. The van der Waals surface area contributed by atoms with Gasteiger partial charge in [-0.25, -0.2) is 0 Å². The lowest BCUT2D eigenvalue weighted by Gasteiger charge is -2.36. The highest BCUT2D eigenvalue weighted by Crippen LogP contribution is 2.32. The van der Waals surface area contributed by atoms with Crippen LogP contribution in [0.5, 0.6) is 0 Å². The van der Waals surface area contributed by atoms with Gasteiger partial charge in [0, 0.05) is 6.04 Å². The molecule has 0 saturated carbocycles. The second-order valence-electron chi connectivity index (χ2n) is 4.15. The molecule has 0 N–H and O–H groups in total. The number of hydrogen-bond acceptors (Lipinski definition) is 1. The molecule has 68 valence electrons. The Balaban J connectivity index is 2.15. The maximum atomic E-state index is 13.5. The quantitative estimate of drug-likeness (QED) is 0.398. The van der Waals surface area contributed by atoms with E-state index in [1.807, 2.05) is 6.08 Å². The number of piperidine rings is 1. The van der Waals surface area contributed by atoms with E-state index in [2.05, 4.69) is 13.0 Å². The van der Waals surface area contributed by atoms with Crippen LogP contribution in [0.4, 0.5) is 4.48 Å². The van der Waals surface area contributed by atoms with Crippen LogP contribution in [0.25, 0.3) is 0 Å². The fourth-order valence-electron chi connectivity index (χ4n) is 2.39. The zero-order chi connectivity index (χ0) is 8.55. The van der Waals surface area contributed by atoms with Gasteiger partial charge in [0.1, 0.15) is 0 Å². The zero-order valence-electron chi connectivity index (χ0n) is 7.54. The number of halogens is 1. The molecule has 0 aromatic heterocycles. The molecule has 0 amide bonds. The summed E-state index contributed by atoms with van der Waals surface area (Å²) in [5.41, 5.74) is 0. The average Bonchev–Trinajstić information content (AvgIpc) is 2.19. The second-order valence-corrected chi connectivity index (χ2v) is 4.15. The smallest absolute Gasteiger partial charge is 0.0588 e. The van der Waals surface area contributed by atoms with Crippen molar-refractivity contribution in [3.63, 3.8) is 0 Å². The molecule has 0 radical (unpaired) electrons. The molecule has 1 nitrogen and oxygen atoms in total. The van der Waals surface area contributed by atoms with Crippen molar-refractivity contribution in [2.45, 2.75) is 44.7 Å². The topological polar surface area (TPSA) is 3.24 Å².